The van der Waals surface area contributed by atoms with Gasteiger partial charge < -0.3 is 9.97 Å². The molecular weight excluding hydrogens is 711 g/mol. The molecule has 0 aliphatic carbocycles. The molecule has 6 heteroatoms. The van der Waals surface area contributed by atoms with Crippen molar-refractivity contribution in [1.82, 2.24) is 24.9 Å². The van der Waals surface area contributed by atoms with E-state index >= 15 is 0 Å². The van der Waals surface area contributed by atoms with Crippen LogP contribution in [0, 0.1) is 0 Å². The summed E-state index contributed by atoms with van der Waals surface area (Å²) in [5, 5.41) is 0. The van der Waals surface area contributed by atoms with Crippen LogP contribution in [0.4, 0.5) is 0 Å². The van der Waals surface area contributed by atoms with Crippen LogP contribution >= 0.6 is 0 Å². The first-order valence-electron chi connectivity index (χ1n) is 19.2. The molecule has 58 heavy (non-hydrogen) atoms. The number of carbonyl (C=O) groups excluding carboxylic acids is 1. The zero-order valence-electron chi connectivity index (χ0n) is 31.3. The minimum Gasteiger partial charge on any atom is -0.354 e. The molecule has 0 unspecified atom stereocenters. The molecule has 8 bridgehead atoms. The van der Waals surface area contributed by atoms with E-state index in [9.17, 15) is 4.79 Å². The van der Waals surface area contributed by atoms with Crippen molar-refractivity contribution in [1.29, 1.82) is 0 Å². The van der Waals surface area contributed by atoms with Crippen molar-refractivity contribution in [3.8, 4) is 44.5 Å². The van der Waals surface area contributed by atoms with Crippen molar-refractivity contribution in [3.05, 3.63) is 211 Å². The van der Waals surface area contributed by atoms with Crippen LogP contribution in [0.5, 0.6) is 0 Å². The van der Waals surface area contributed by atoms with Crippen molar-refractivity contribution in [2.45, 2.75) is 0 Å². The highest BCUT2D eigenvalue weighted by molar-refractivity contribution is 6.09. The van der Waals surface area contributed by atoms with E-state index in [2.05, 4.69) is 130 Å². The summed E-state index contributed by atoms with van der Waals surface area (Å²) in [5.74, 6) is -0.119. The topological polar surface area (TPSA) is 87.3 Å². The monoisotopic (exact) mass is 745 g/mol. The zero-order chi connectivity index (χ0) is 38.8. The van der Waals surface area contributed by atoms with Crippen LogP contribution < -0.4 is 0 Å². The van der Waals surface area contributed by atoms with Gasteiger partial charge in [0.1, 0.15) is 0 Å². The van der Waals surface area contributed by atoms with Crippen molar-refractivity contribution >= 4 is 51.7 Å². The van der Waals surface area contributed by atoms with E-state index in [1.807, 2.05) is 54.6 Å². The Kier molecular flexibility index (Phi) is 8.89. The van der Waals surface area contributed by atoms with E-state index in [-0.39, 0.29) is 5.78 Å². The Labute approximate surface area is 335 Å². The first-order valence-corrected chi connectivity index (χ1v) is 19.2. The van der Waals surface area contributed by atoms with E-state index in [0.717, 1.165) is 94.9 Å². The number of carbonyl (C=O) groups is 1. The standard InChI is InChI=1S/C52H35N5O/c58-47(34-29-31-53-32-30-34)28-21-39-33-46-50(37-17-9-3-10-18-37)44-25-24-42(55-44)48(35-13-5-1-6-14-35)40-22-23-41(54-40)49(36-15-7-2-8-16-36)43-26-27-45(56-43)51(52(39)57-46)38-19-11-4-12-20-38/h1-33,55-56H/b28-21-,48-40?,48-42?,49-41?,49-43?,50-44?,50-46?,51-45?,52-51?. The molecule has 0 atom stereocenters. The molecule has 10 rings (SSSR count). The van der Waals surface area contributed by atoms with Crippen LogP contribution in [-0.2, 0) is 0 Å². The lowest BCUT2D eigenvalue weighted by molar-refractivity contribution is 0.104. The number of pyridine rings is 1. The molecule has 4 aromatic carbocycles. The SMILES string of the molecule is O=C(/C=C\C1=Cc2nc1c(-c1ccccc1)c1ccc([nH]1)c(-c1ccccc1)c1nc(c(-c3ccccc3)c3ccc([nH]3)c2-c2ccccc2)C=C1)c1ccncc1. The molecule has 0 spiro atoms. The zero-order valence-corrected chi connectivity index (χ0v) is 31.3. The molecule has 0 radical (unpaired) electrons. The highest BCUT2D eigenvalue weighted by Gasteiger charge is 2.22. The lowest BCUT2D eigenvalue weighted by Crippen LogP contribution is -1.94. The van der Waals surface area contributed by atoms with E-state index in [0.29, 0.717) is 5.56 Å². The number of aromatic amines is 2. The molecule has 0 fully saturated rings. The predicted octanol–water partition coefficient (Wildman–Crippen LogP) is 12.5. The summed E-state index contributed by atoms with van der Waals surface area (Å²) in [7, 11) is 0. The average molecular weight is 746 g/mol. The van der Waals surface area contributed by atoms with Gasteiger partial charge in [-0.2, -0.15) is 0 Å². The van der Waals surface area contributed by atoms with Gasteiger partial charge in [-0.15, -0.1) is 0 Å². The van der Waals surface area contributed by atoms with E-state index in [4.69, 9.17) is 9.97 Å². The summed E-state index contributed by atoms with van der Waals surface area (Å²) in [4.78, 5) is 36.2. The number of fused-ring (bicyclic) bond motifs is 8. The Bertz CT molecular complexity index is 3090. The Morgan fingerprint density at radius 1 is 0.448 bits per heavy atom. The number of benzene rings is 4. The number of ketones is 1. The van der Waals surface area contributed by atoms with E-state index in [1.54, 1.807) is 30.6 Å². The molecule has 0 saturated heterocycles. The number of H-pyrrole nitrogens is 2. The number of hydrogen-bond donors (Lipinski definition) is 2. The molecule has 274 valence electrons. The van der Waals surface area contributed by atoms with Gasteiger partial charge in [-0.1, -0.05) is 121 Å². The second kappa shape index (κ2) is 14.9. The summed E-state index contributed by atoms with van der Waals surface area (Å²) in [6.07, 6.45) is 13.1. The number of nitrogens with zero attached hydrogens (tertiary/aromatic N) is 3. The lowest BCUT2D eigenvalue weighted by atomic mass is 9.98. The highest BCUT2D eigenvalue weighted by Crippen LogP contribution is 2.40. The molecule has 2 aliphatic rings. The number of hydrogen-bond acceptors (Lipinski definition) is 4. The third-order valence-electron chi connectivity index (χ3n) is 10.5. The Morgan fingerprint density at radius 2 is 0.862 bits per heavy atom. The Balaban J connectivity index is 1.37. The predicted molar refractivity (Wildman–Crippen MR) is 237 cm³/mol. The van der Waals surface area contributed by atoms with Crippen LogP contribution in [0.15, 0.2) is 182 Å². The summed E-state index contributed by atoms with van der Waals surface area (Å²) in [6.45, 7) is 0. The minimum atomic E-state index is -0.119. The second-order valence-electron chi connectivity index (χ2n) is 14.1. The van der Waals surface area contributed by atoms with E-state index < -0.39 is 0 Å². The maximum absolute atomic E-state index is 13.5. The van der Waals surface area contributed by atoms with Gasteiger partial charge in [-0.25, -0.2) is 9.97 Å². The minimum absolute atomic E-state index is 0.119. The van der Waals surface area contributed by atoms with Gasteiger partial charge in [0.2, 0.25) is 0 Å². The molecule has 2 N–H and O–H groups in total. The van der Waals surface area contributed by atoms with Gasteiger partial charge in [0.15, 0.2) is 5.78 Å². The molecular formula is C52H35N5O. The van der Waals surface area contributed by atoms with Crippen molar-refractivity contribution in [3.63, 3.8) is 0 Å². The smallest absolute Gasteiger partial charge is 0.185 e. The van der Waals surface area contributed by atoms with Crippen LogP contribution in [0.3, 0.4) is 0 Å². The molecule has 6 nitrogen and oxygen atoms in total. The van der Waals surface area contributed by atoms with Crippen molar-refractivity contribution in [2.24, 2.45) is 0 Å². The summed E-state index contributed by atoms with van der Waals surface area (Å²) >= 11 is 0. The third-order valence-corrected chi connectivity index (χ3v) is 10.5. The summed E-state index contributed by atoms with van der Waals surface area (Å²) in [6, 6.07) is 53.4. The Morgan fingerprint density at radius 3 is 1.33 bits per heavy atom. The van der Waals surface area contributed by atoms with Gasteiger partial charge in [-0.05, 0) is 89.0 Å². The largest absolute Gasteiger partial charge is 0.354 e. The van der Waals surface area contributed by atoms with Gasteiger partial charge in [0.25, 0.3) is 0 Å². The van der Waals surface area contributed by atoms with Gasteiger partial charge in [0.05, 0.1) is 22.8 Å². The van der Waals surface area contributed by atoms with Crippen LogP contribution in [-0.4, -0.2) is 30.7 Å². The number of nitrogens with one attached hydrogen (secondary N) is 2. The molecule has 4 aromatic heterocycles. The fraction of sp³-hybridized carbons (Fsp3) is 0. The Hall–Kier alpha value is -7.96. The summed E-state index contributed by atoms with van der Waals surface area (Å²) in [5.41, 5.74) is 16.1. The number of allylic oxidation sites excluding steroid dienone is 3. The summed E-state index contributed by atoms with van der Waals surface area (Å²) < 4.78 is 0. The number of aromatic nitrogens is 5. The molecule has 6 heterocycles. The van der Waals surface area contributed by atoms with Crippen LogP contribution in [0.2, 0.25) is 0 Å². The maximum atomic E-state index is 13.5. The first-order chi connectivity index (χ1) is 28.7. The average Bonchev–Trinajstić information content (AvgIpc) is 4.12. The first kappa shape index (κ1) is 34.5. The van der Waals surface area contributed by atoms with Crippen LogP contribution in [0.25, 0.3) is 90.4 Å². The lowest BCUT2D eigenvalue weighted by Gasteiger charge is -2.07. The molecule has 0 saturated carbocycles. The molecule has 2 aliphatic heterocycles. The van der Waals surface area contributed by atoms with E-state index in [1.165, 1.54) is 0 Å². The van der Waals surface area contributed by atoms with Gasteiger partial charge in [-0.3, -0.25) is 9.78 Å². The van der Waals surface area contributed by atoms with Crippen molar-refractivity contribution in [2.75, 3.05) is 0 Å². The normalized spacial score (nSPS) is 12.2. The quantitative estimate of drug-likeness (QED) is 0.126. The molecule has 8 aromatic rings. The second-order valence-corrected chi connectivity index (χ2v) is 14.1. The van der Waals surface area contributed by atoms with Crippen LogP contribution in [0.1, 0.15) is 33.1 Å². The highest BCUT2D eigenvalue weighted by atomic mass is 16.1. The van der Waals surface area contributed by atoms with Crippen molar-refractivity contribution < 1.29 is 4.79 Å². The fourth-order valence-electron chi connectivity index (χ4n) is 7.84. The van der Waals surface area contributed by atoms with Gasteiger partial charge in [0, 0.05) is 67.9 Å². The fourth-order valence-corrected chi connectivity index (χ4v) is 7.84. The maximum Gasteiger partial charge on any atom is 0.185 e. The third kappa shape index (κ3) is 6.48. The number of rotatable bonds is 7. The molecule has 0 amide bonds. The van der Waals surface area contributed by atoms with Gasteiger partial charge >= 0.3 is 0 Å².